The molecule has 1 aliphatic heterocycles. The summed E-state index contributed by atoms with van der Waals surface area (Å²) in [5.74, 6) is 2.08. The van der Waals surface area contributed by atoms with Crippen LogP contribution in [0.15, 0.2) is 36.7 Å². The van der Waals surface area contributed by atoms with Gasteiger partial charge in [0.05, 0.1) is 33.2 Å². The van der Waals surface area contributed by atoms with Crippen molar-refractivity contribution < 1.29 is 23.7 Å². The van der Waals surface area contributed by atoms with Crippen molar-refractivity contribution in [3.63, 3.8) is 0 Å². The summed E-state index contributed by atoms with van der Waals surface area (Å²) in [5.41, 5.74) is 0. The summed E-state index contributed by atoms with van der Waals surface area (Å²) in [6, 6.07) is 7.13. The number of carbonyl (C=O) groups is 1. The van der Waals surface area contributed by atoms with Crippen LogP contribution in [0.25, 0.3) is 0 Å². The Morgan fingerprint density at radius 1 is 1.11 bits per heavy atom. The average molecular weight is 373 g/mol. The van der Waals surface area contributed by atoms with Crippen molar-refractivity contribution in [2.45, 2.75) is 18.9 Å². The molecular weight excluding hydrogens is 350 g/mol. The summed E-state index contributed by atoms with van der Waals surface area (Å²) < 4.78 is 21.6. The number of ether oxygens (including phenoxy) is 4. The molecule has 1 aromatic heterocycles. The van der Waals surface area contributed by atoms with Gasteiger partial charge >= 0.3 is 0 Å². The Morgan fingerprint density at radius 2 is 1.85 bits per heavy atom. The summed E-state index contributed by atoms with van der Waals surface area (Å²) >= 11 is 0. The number of hydrogen-bond donors (Lipinski definition) is 0. The Morgan fingerprint density at radius 3 is 2.59 bits per heavy atom. The van der Waals surface area contributed by atoms with Crippen molar-refractivity contribution in [1.29, 1.82) is 0 Å². The van der Waals surface area contributed by atoms with Crippen LogP contribution in [0.2, 0.25) is 0 Å². The molecule has 1 atom stereocenters. The summed E-state index contributed by atoms with van der Waals surface area (Å²) in [5, 5.41) is 0. The van der Waals surface area contributed by atoms with E-state index in [0.717, 1.165) is 18.6 Å². The van der Waals surface area contributed by atoms with Crippen molar-refractivity contribution in [2.24, 2.45) is 0 Å². The van der Waals surface area contributed by atoms with E-state index in [1.54, 1.807) is 36.3 Å². The lowest BCUT2D eigenvalue weighted by molar-refractivity contribution is -0.136. The van der Waals surface area contributed by atoms with E-state index in [1.165, 1.54) is 19.5 Å². The lowest BCUT2D eigenvalue weighted by Gasteiger charge is -2.32. The number of nitrogens with zero attached hydrogens (tertiary/aromatic N) is 3. The molecule has 3 rings (SSSR count). The van der Waals surface area contributed by atoms with Gasteiger partial charge in [0, 0.05) is 6.54 Å². The van der Waals surface area contributed by atoms with Gasteiger partial charge in [0.15, 0.2) is 6.61 Å². The first kappa shape index (κ1) is 18.8. The van der Waals surface area contributed by atoms with E-state index in [1.807, 2.05) is 0 Å². The zero-order valence-corrected chi connectivity index (χ0v) is 15.5. The molecule has 1 aliphatic rings. The number of rotatable bonds is 7. The highest BCUT2D eigenvalue weighted by Gasteiger charge is 2.25. The Kier molecular flexibility index (Phi) is 6.30. The number of carbonyl (C=O) groups excluding carboxylic acids is 1. The second kappa shape index (κ2) is 9.07. The average Bonchev–Trinajstić information content (AvgIpc) is 2.72. The standard InChI is InChI=1S/C19H23N3O5/c1-24-14-5-7-15(8-6-14)26-13-19(23)22-9-3-4-16(12-22)27-18-11-20-10-17(21-18)25-2/h5-8,10-11,16H,3-4,9,12-13H2,1-2H3. The molecule has 0 aliphatic carbocycles. The zero-order valence-electron chi connectivity index (χ0n) is 15.5. The smallest absolute Gasteiger partial charge is 0.260 e. The van der Waals surface area contributed by atoms with Gasteiger partial charge in [-0.25, -0.2) is 0 Å². The molecule has 1 fully saturated rings. The Balaban J connectivity index is 1.51. The molecule has 1 unspecified atom stereocenters. The molecule has 8 nitrogen and oxygen atoms in total. The van der Waals surface area contributed by atoms with E-state index in [2.05, 4.69) is 9.97 Å². The third-order valence-electron chi connectivity index (χ3n) is 4.24. The van der Waals surface area contributed by atoms with Crippen molar-refractivity contribution in [2.75, 3.05) is 33.9 Å². The fourth-order valence-corrected chi connectivity index (χ4v) is 2.83. The van der Waals surface area contributed by atoms with Gasteiger partial charge in [-0.3, -0.25) is 9.78 Å². The van der Waals surface area contributed by atoms with E-state index in [-0.39, 0.29) is 18.6 Å². The largest absolute Gasteiger partial charge is 0.497 e. The highest BCUT2D eigenvalue weighted by Crippen LogP contribution is 2.19. The molecule has 0 N–H and O–H groups in total. The minimum atomic E-state index is -0.134. The van der Waals surface area contributed by atoms with E-state index in [4.69, 9.17) is 18.9 Å². The molecule has 1 aromatic carbocycles. The number of likely N-dealkylation sites (tertiary alicyclic amines) is 1. The van der Waals surface area contributed by atoms with Crippen molar-refractivity contribution in [3.05, 3.63) is 36.7 Å². The first-order valence-corrected chi connectivity index (χ1v) is 8.75. The maximum Gasteiger partial charge on any atom is 0.260 e. The van der Waals surface area contributed by atoms with Gasteiger partial charge in [0.1, 0.15) is 17.6 Å². The molecule has 2 heterocycles. The molecule has 8 heteroatoms. The van der Waals surface area contributed by atoms with Crippen molar-refractivity contribution >= 4 is 5.91 Å². The van der Waals surface area contributed by atoms with Gasteiger partial charge in [-0.05, 0) is 37.1 Å². The SMILES string of the molecule is COc1ccc(OCC(=O)N2CCCC(Oc3cncc(OC)n3)C2)cc1. The van der Waals surface area contributed by atoms with Crippen LogP contribution >= 0.6 is 0 Å². The molecular formula is C19H23N3O5. The lowest BCUT2D eigenvalue weighted by atomic mass is 10.1. The molecule has 0 bridgehead atoms. The number of piperidine rings is 1. The molecule has 0 radical (unpaired) electrons. The van der Waals surface area contributed by atoms with Crippen molar-refractivity contribution in [3.8, 4) is 23.3 Å². The van der Waals surface area contributed by atoms with Crippen LogP contribution < -0.4 is 18.9 Å². The topological polar surface area (TPSA) is 83.0 Å². The maximum atomic E-state index is 12.5. The van der Waals surface area contributed by atoms with Gasteiger partial charge in [0.25, 0.3) is 5.91 Å². The quantitative estimate of drug-likeness (QED) is 0.733. The second-order valence-electron chi connectivity index (χ2n) is 6.09. The van der Waals surface area contributed by atoms with Crippen LogP contribution in [-0.4, -0.2) is 60.8 Å². The summed E-state index contributed by atoms with van der Waals surface area (Å²) in [4.78, 5) is 22.4. The van der Waals surface area contributed by atoms with E-state index in [9.17, 15) is 4.79 Å². The van der Waals surface area contributed by atoms with E-state index < -0.39 is 0 Å². The first-order valence-electron chi connectivity index (χ1n) is 8.75. The molecule has 1 amide bonds. The molecule has 0 spiro atoms. The van der Waals surface area contributed by atoms with Gasteiger partial charge in [0.2, 0.25) is 11.8 Å². The molecule has 144 valence electrons. The zero-order chi connectivity index (χ0) is 19.1. The van der Waals surface area contributed by atoms with Crippen LogP contribution in [0, 0.1) is 0 Å². The van der Waals surface area contributed by atoms with Crippen LogP contribution in [0.1, 0.15) is 12.8 Å². The van der Waals surface area contributed by atoms with Crippen LogP contribution in [-0.2, 0) is 4.79 Å². The van der Waals surface area contributed by atoms with Crippen LogP contribution in [0.4, 0.5) is 0 Å². The number of amides is 1. The van der Waals surface area contributed by atoms with Gasteiger partial charge < -0.3 is 23.8 Å². The van der Waals surface area contributed by atoms with Crippen LogP contribution in [0.3, 0.4) is 0 Å². The number of hydrogen-bond acceptors (Lipinski definition) is 7. The molecule has 2 aromatic rings. The monoisotopic (exact) mass is 373 g/mol. The summed E-state index contributed by atoms with van der Waals surface area (Å²) in [7, 11) is 3.13. The molecule has 27 heavy (non-hydrogen) atoms. The van der Waals surface area contributed by atoms with Crippen molar-refractivity contribution in [1.82, 2.24) is 14.9 Å². The fraction of sp³-hybridized carbons (Fsp3) is 0.421. The Hall–Kier alpha value is -3.03. The third-order valence-corrected chi connectivity index (χ3v) is 4.24. The minimum absolute atomic E-state index is 0.0159. The summed E-state index contributed by atoms with van der Waals surface area (Å²) in [6.45, 7) is 1.16. The van der Waals surface area contributed by atoms with Crippen LogP contribution in [0.5, 0.6) is 23.3 Å². The van der Waals surface area contributed by atoms with Gasteiger partial charge in [-0.2, -0.15) is 4.98 Å². The fourth-order valence-electron chi connectivity index (χ4n) is 2.83. The Bertz CT molecular complexity index is 753. The van der Waals surface area contributed by atoms with E-state index >= 15 is 0 Å². The highest BCUT2D eigenvalue weighted by atomic mass is 16.5. The minimum Gasteiger partial charge on any atom is -0.497 e. The summed E-state index contributed by atoms with van der Waals surface area (Å²) in [6.07, 6.45) is 4.62. The predicted molar refractivity (Wildman–Crippen MR) is 97.3 cm³/mol. The molecule has 0 saturated carbocycles. The number of aromatic nitrogens is 2. The number of benzene rings is 1. The Labute approximate surface area is 158 Å². The normalized spacial score (nSPS) is 16.5. The lowest BCUT2D eigenvalue weighted by Crippen LogP contribution is -2.46. The highest BCUT2D eigenvalue weighted by molar-refractivity contribution is 5.77. The van der Waals surface area contributed by atoms with E-state index in [0.29, 0.717) is 30.6 Å². The first-order chi connectivity index (χ1) is 13.2. The second-order valence-corrected chi connectivity index (χ2v) is 6.09. The number of methoxy groups -OCH3 is 2. The van der Waals surface area contributed by atoms with Gasteiger partial charge in [-0.1, -0.05) is 0 Å². The maximum absolute atomic E-state index is 12.5. The predicted octanol–water partition coefficient (Wildman–Crippen LogP) is 1.94. The molecule has 1 saturated heterocycles. The third kappa shape index (κ3) is 5.22. The van der Waals surface area contributed by atoms with Gasteiger partial charge in [-0.15, -0.1) is 0 Å².